The van der Waals surface area contributed by atoms with Crippen LogP contribution in [0.2, 0.25) is 0 Å². The van der Waals surface area contributed by atoms with Crippen molar-refractivity contribution in [2.24, 2.45) is 0 Å². The van der Waals surface area contributed by atoms with Crippen molar-refractivity contribution >= 4 is 0 Å². The molecule has 0 saturated carbocycles. The molecule has 0 fully saturated rings. The lowest BCUT2D eigenvalue weighted by Crippen LogP contribution is -2.17. The van der Waals surface area contributed by atoms with Crippen LogP contribution < -0.4 is 5.56 Å². The maximum atomic E-state index is 12.5. The molecule has 3 rings (SSSR count). The quantitative estimate of drug-likeness (QED) is 0.791. The van der Waals surface area contributed by atoms with Crippen LogP contribution in [0.4, 0.5) is 0 Å². The van der Waals surface area contributed by atoms with Crippen molar-refractivity contribution in [3.05, 3.63) is 70.6 Å². The largest absolute Gasteiger partial charge is 0.289 e. The van der Waals surface area contributed by atoms with Crippen LogP contribution in [0.1, 0.15) is 12.5 Å². The smallest absolute Gasteiger partial charge is 0.276 e. The molecule has 0 bridgehead atoms. The van der Waals surface area contributed by atoms with Crippen LogP contribution in [0.3, 0.4) is 0 Å². The maximum Gasteiger partial charge on any atom is 0.276 e. The predicted octanol–water partition coefficient (Wildman–Crippen LogP) is 2.79. The molecule has 0 aliphatic rings. The molecular formula is C16H15N3O. The summed E-state index contributed by atoms with van der Waals surface area (Å²) in [5, 5.41) is 3.18. The van der Waals surface area contributed by atoms with Crippen LogP contribution in [-0.2, 0) is 6.42 Å². The van der Waals surface area contributed by atoms with Crippen LogP contribution in [-0.4, -0.2) is 14.8 Å². The van der Waals surface area contributed by atoms with Crippen molar-refractivity contribution in [3.63, 3.8) is 0 Å². The molecule has 20 heavy (non-hydrogen) atoms. The molecule has 1 aromatic carbocycles. The highest BCUT2D eigenvalue weighted by Crippen LogP contribution is 2.20. The summed E-state index contributed by atoms with van der Waals surface area (Å²) < 4.78 is 1.50. The first-order valence-corrected chi connectivity index (χ1v) is 6.62. The first kappa shape index (κ1) is 12.4. The first-order chi connectivity index (χ1) is 9.81. The minimum Gasteiger partial charge on any atom is -0.289 e. The summed E-state index contributed by atoms with van der Waals surface area (Å²) in [4.78, 5) is 16.7. The Kier molecular flexibility index (Phi) is 3.21. The van der Waals surface area contributed by atoms with E-state index in [4.69, 9.17) is 0 Å². The van der Waals surface area contributed by atoms with E-state index in [0.29, 0.717) is 12.2 Å². The highest BCUT2D eigenvalue weighted by Gasteiger charge is 2.15. The fraction of sp³-hybridized carbons (Fsp3) is 0.125. The van der Waals surface area contributed by atoms with Gasteiger partial charge in [-0.3, -0.25) is 9.89 Å². The summed E-state index contributed by atoms with van der Waals surface area (Å²) in [7, 11) is 0. The number of nitrogens with zero attached hydrogens (tertiary/aromatic N) is 2. The summed E-state index contributed by atoms with van der Waals surface area (Å²) in [6.45, 7) is 1.99. The monoisotopic (exact) mass is 265 g/mol. The van der Waals surface area contributed by atoms with Gasteiger partial charge in [0.25, 0.3) is 5.56 Å². The number of aromatic amines is 1. The molecule has 3 aromatic rings. The Morgan fingerprint density at radius 1 is 1.10 bits per heavy atom. The Balaban J connectivity index is 2.21. The predicted molar refractivity (Wildman–Crippen MR) is 79.0 cm³/mol. The molecule has 0 saturated heterocycles. The van der Waals surface area contributed by atoms with Crippen LogP contribution in [0.15, 0.2) is 59.5 Å². The van der Waals surface area contributed by atoms with E-state index in [0.717, 1.165) is 16.8 Å². The number of hydrogen-bond acceptors (Lipinski definition) is 2. The number of benzene rings is 1. The lowest BCUT2D eigenvalue weighted by atomic mass is 10.1. The van der Waals surface area contributed by atoms with Gasteiger partial charge in [-0.1, -0.05) is 43.3 Å². The topological polar surface area (TPSA) is 50.7 Å². The molecule has 100 valence electrons. The molecule has 0 unspecified atom stereocenters. The molecule has 1 N–H and O–H groups in total. The van der Waals surface area contributed by atoms with Crippen molar-refractivity contribution in [1.29, 1.82) is 0 Å². The number of H-pyrrole nitrogens is 1. The van der Waals surface area contributed by atoms with Crippen LogP contribution in [0.25, 0.3) is 17.1 Å². The summed E-state index contributed by atoms with van der Waals surface area (Å²) in [5.74, 6) is 0.606. The van der Waals surface area contributed by atoms with Crippen molar-refractivity contribution in [3.8, 4) is 17.1 Å². The second-order valence-corrected chi connectivity index (χ2v) is 4.51. The molecule has 0 aliphatic carbocycles. The highest BCUT2D eigenvalue weighted by molar-refractivity contribution is 5.62. The van der Waals surface area contributed by atoms with E-state index in [1.54, 1.807) is 6.20 Å². The van der Waals surface area contributed by atoms with E-state index in [1.165, 1.54) is 4.68 Å². The second-order valence-electron chi connectivity index (χ2n) is 4.51. The first-order valence-electron chi connectivity index (χ1n) is 6.62. The van der Waals surface area contributed by atoms with Gasteiger partial charge in [-0.2, -0.15) is 0 Å². The third-order valence-electron chi connectivity index (χ3n) is 3.28. The molecule has 0 aliphatic heterocycles. The van der Waals surface area contributed by atoms with Gasteiger partial charge in [-0.15, -0.1) is 0 Å². The zero-order valence-corrected chi connectivity index (χ0v) is 11.2. The molecule has 2 aromatic heterocycles. The average molecular weight is 265 g/mol. The number of hydrogen-bond donors (Lipinski definition) is 1. The van der Waals surface area contributed by atoms with Crippen molar-refractivity contribution in [2.45, 2.75) is 13.3 Å². The van der Waals surface area contributed by atoms with Gasteiger partial charge in [0, 0.05) is 11.8 Å². The zero-order valence-electron chi connectivity index (χ0n) is 11.2. The van der Waals surface area contributed by atoms with Gasteiger partial charge in [0.2, 0.25) is 0 Å². The lowest BCUT2D eigenvalue weighted by molar-refractivity contribution is 0.818. The number of pyridine rings is 1. The number of nitrogens with one attached hydrogen (secondary N) is 1. The third-order valence-corrected chi connectivity index (χ3v) is 3.28. The fourth-order valence-electron chi connectivity index (χ4n) is 2.29. The molecule has 0 atom stereocenters. The lowest BCUT2D eigenvalue weighted by Gasteiger charge is -2.01. The molecular weight excluding hydrogens is 250 g/mol. The maximum absolute atomic E-state index is 12.5. The Hall–Kier alpha value is -2.62. The molecule has 4 heteroatoms. The molecule has 4 nitrogen and oxygen atoms in total. The van der Waals surface area contributed by atoms with E-state index in [2.05, 4.69) is 10.1 Å². The third kappa shape index (κ3) is 2.05. The van der Waals surface area contributed by atoms with E-state index in [9.17, 15) is 4.79 Å². The van der Waals surface area contributed by atoms with Crippen LogP contribution >= 0.6 is 0 Å². The van der Waals surface area contributed by atoms with E-state index in [-0.39, 0.29) is 5.56 Å². The summed E-state index contributed by atoms with van der Waals surface area (Å²) in [6.07, 6.45) is 2.36. The Morgan fingerprint density at radius 2 is 1.85 bits per heavy atom. The normalized spacial score (nSPS) is 10.7. The van der Waals surface area contributed by atoms with Gasteiger partial charge in [0.15, 0.2) is 5.82 Å². The molecule has 2 heterocycles. The molecule has 0 amide bonds. The molecule has 0 spiro atoms. The van der Waals surface area contributed by atoms with Gasteiger partial charge in [-0.05, 0) is 24.1 Å². The van der Waals surface area contributed by atoms with E-state index >= 15 is 0 Å². The van der Waals surface area contributed by atoms with Gasteiger partial charge in [-0.25, -0.2) is 9.67 Å². The minimum absolute atomic E-state index is 0.0370. The van der Waals surface area contributed by atoms with Gasteiger partial charge in [0.05, 0.1) is 5.69 Å². The van der Waals surface area contributed by atoms with Crippen molar-refractivity contribution < 1.29 is 0 Å². The highest BCUT2D eigenvalue weighted by atomic mass is 16.1. The van der Waals surface area contributed by atoms with Crippen molar-refractivity contribution in [1.82, 2.24) is 14.8 Å². The van der Waals surface area contributed by atoms with Crippen LogP contribution in [0, 0.1) is 0 Å². The number of rotatable bonds is 3. The van der Waals surface area contributed by atoms with Crippen LogP contribution in [0.5, 0.6) is 0 Å². The van der Waals surface area contributed by atoms with Crippen molar-refractivity contribution in [2.75, 3.05) is 0 Å². The SMILES string of the molecule is CCc1c(-c2ccccc2)[nH]n(-c2ccccn2)c1=O. The summed E-state index contributed by atoms with van der Waals surface area (Å²) in [5.41, 5.74) is 2.62. The van der Waals surface area contributed by atoms with E-state index < -0.39 is 0 Å². The van der Waals surface area contributed by atoms with Gasteiger partial charge in [0.1, 0.15) is 0 Å². The average Bonchev–Trinajstić information content (AvgIpc) is 2.86. The van der Waals surface area contributed by atoms with Gasteiger partial charge < -0.3 is 0 Å². The fourth-order valence-corrected chi connectivity index (χ4v) is 2.29. The Labute approximate surface area is 116 Å². The van der Waals surface area contributed by atoms with E-state index in [1.807, 2.05) is 55.5 Å². The standard InChI is InChI=1S/C16H15N3O/c1-2-13-15(12-8-4-3-5-9-12)18-19(16(13)20)14-10-6-7-11-17-14/h3-11,18H,2H2,1H3. The Morgan fingerprint density at radius 3 is 2.50 bits per heavy atom. The summed E-state index contributed by atoms with van der Waals surface area (Å²) >= 11 is 0. The summed E-state index contributed by atoms with van der Waals surface area (Å²) in [6, 6.07) is 15.4. The second kappa shape index (κ2) is 5.17. The molecule has 0 radical (unpaired) electrons. The zero-order chi connectivity index (χ0) is 13.9. The van der Waals surface area contributed by atoms with Gasteiger partial charge >= 0.3 is 0 Å². The Bertz CT molecular complexity index is 757. The number of aromatic nitrogens is 3. The minimum atomic E-state index is -0.0370.